The molecular weight excluding hydrogens is 426 g/mol. The molecule has 160 valence electrons. The molecule has 2 N–H and O–H groups in total. The summed E-state index contributed by atoms with van der Waals surface area (Å²) in [4.78, 5) is 25.2. The molecule has 8 heteroatoms. The summed E-state index contributed by atoms with van der Waals surface area (Å²) in [6.07, 6.45) is 3.58. The molecule has 0 fully saturated rings. The lowest BCUT2D eigenvalue weighted by molar-refractivity contribution is -0.115. The van der Waals surface area contributed by atoms with Gasteiger partial charge < -0.3 is 15.4 Å². The Balaban J connectivity index is 1.44. The zero-order valence-electron chi connectivity index (χ0n) is 17.2. The van der Waals surface area contributed by atoms with E-state index in [4.69, 9.17) is 16.3 Å². The van der Waals surface area contributed by atoms with Gasteiger partial charge in [-0.05, 0) is 60.2 Å². The first kappa shape index (κ1) is 21.3. The van der Waals surface area contributed by atoms with Crippen LogP contribution >= 0.6 is 11.6 Å². The number of aromatic nitrogens is 3. The summed E-state index contributed by atoms with van der Waals surface area (Å²) >= 11 is 5.87. The maximum atomic E-state index is 12.3. The number of anilines is 2. The summed E-state index contributed by atoms with van der Waals surface area (Å²) in [6, 6.07) is 19.8. The minimum absolute atomic E-state index is 0.114. The molecule has 4 rings (SSSR count). The number of pyridine rings is 1. The van der Waals surface area contributed by atoms with Gasteiger partial charge in [-0.15, -0.1) is 0 Å². The molecule has 0 saturated carbocycles. The number of nitrogens with one attached hydrogen (secondary N) is 2. The zero-order valence-corrected chi connectivity index (χ0v) is 18.0. The van der Waals surface area contributed by atoms with Crippen molar-refractivity contribution in [1.29, 1.82) is 0 Å². The van der Waals surface area contributed by atoms with Crippen LogP contribution in [-0.2, 0) is 11.2 Å². The van der Waals surface area contributed by atoms with E-state index in [0.717, 1.165) is 11.1 Å². The number of benzene rings is 2. The summed E-state index contributed by atoms with van der Waals surface area (Å²) < 4.78 is 6.00. The molecule has 4 aromatic rings. The molecule has 0 atom stereocenters. The first-order valence-corrected chi connectivity index (χ1v) is 10.3. The van der Waals surface area contributed by atoms with Crippen LogP contribution < -0.4 is 15.4 Å². The van der Waals surface area contributed by atoms with Gasteiger partial charge in [-0.1, -0.05) is 23.7 Å². The van der Waals surface area contributed by atoms with Crippen molar-refractivity contribution in [3.8, 4) is 22.9 Å². The number of hydrogen-bond acceptors (Lipinski definition) is 6. The Hall–Kier alpha value is -3.97. The average molecular weight is 446 g/mol. The van der Waals surface area contributed by atoms with Gasteiger partial charge in [0.2, 0.25) is 17.7 Å². The van der Waals surface area contributed by atoms with Crippen molar-refractivity contribution in [2.24, 2.45) is 0 Å². The molecule has 0 aliphatic carbocycles. The number of carbonyl (C=O) groups is 1. The highest BCUT2D eigenvalue weighted by Crippen LogP contribution is 2.30. The van der Waals surface area contributed by atoms with Crippen molar-refractivity contribution in [3.63, 3.8) is 0 Å². The molecule has 0 spiro atoms. The van der Waals surface area contributed by atoms with E-state index in [0.29, 0.717) is 34.0 Å². The summed E-state index contributed by atoms with van der Waals surface area (Å²) in [5.74, 6) is 1.44. The number of halogens is 1. The summed E-state index contributed by atoms with van der Waals surface area (Å²) in [5, 5.41) is 6.40. The van der Waals surface area contributed by atoms with Gasteiger partial charge in [-0.2, -0.15) is 0 Å². The van der Waals surface area contributed by atoms with E-state index in [2.05, 4.69) is 25.6 Å². The Morgan fingerprint density at radius 2 is 1.75 bits per heavy atom. The van der Waals surface area contributed by atoms with Crippen LogP contribution in [0.4, 0.5) is 11.6 Å². The van der Waals surface area contributed by atoms with Gasteiger partial charge in [0.15, 0.2) is 0 Å². The highest BCUT2D eigenvalue weighted by molar-refractivity contribution is 6.30. The smallest absolute Gasteiger partial charge is 0.228 e. The Bertz CT molecular complexity index is 1210. The predicted molar refractivity (Wildman–Crippen MR) is 125 cm³/mol. The Morgan fingerprint density at radius 1 is 0.969 bits per heavy atom. The van der Waals surface area contributed by atoms with Crippen molar-refractivity contribution < 1.29 is 9.53 Å². The Morgan fingerprint density at radius 3 is 2.50 bits per heavy atom. The standard InChI is InChI=1S/C24H20ClN5O2/c1-26-24-28-14-12-21(30-24)20-3-2-13-27-23(20)32-19-10-4-16(5-11-19)15-22(31)29-18-8-6-17(25)7-9-18/h2-14H,15H2,1H3,(H,29,31)(H,26,28,30). The second kappa shape index (κ2) is 9.89. The minimum Gasteiger partial charge on any atom is -0.438 e. The second-order valence-electron chi connectivity index (χ2n) is 6.85. The highest BCUT2D eigenvalue weighted by Gasteiger charge is 2.11. The second-order valence-corrected chi connectivity index (χ2v) is 7.29. The highest BCUT2D eigenvalue weighted by atomic mass is 35.5. The fourth-order valence-corrected chi connectivity index (χ4v) is 3.13. The third-order valence-electron chi connectivity index (χ3n) is 4.56. The number of carbonyl (C=O) groups excluding carboxylic acids is 1. The van der Waals surface area contributed by atoms with Gasteiger partial charge in [-0.25, -0.2) is 15.0 Å². The summed E-state index contributed by atoms with van der Waals surface area (Å²) in [7, 11) is 1.76. The molecule has 0 aliphatic rings. The molecule has 1 amide bonds. The molecule has 2 heterocycles. The van der Waals surface area contributed by atoms with Crippen LogP contribution in [0.15, 0.2) is 79.1 Å². The predicted octanol–water partition coefficient (Wildman–Crippen LogP) is 5.21. The van der Waals surface area contributed by atoms with Crippen LogP contribution in [0, 0.1) is 0 Å². The number of rotatable bonds is 7. The van der Waals surface area contributed by atoms with E-state index in [-0.39, 0.29) is 12.3 Å². The molecule has 0 radical (unpaired) electrons. The zero-order chi connectivity index (χ0) is 22.3. The maximum absolute atomic E-state index is 12.3. The maximum Gasteiger partial charge on any atom is 0.228 e. The lowest BCUT2D eigenvalue weighted by Crippen LogP contribution is -2.14. The quantitative estimate of drug-likeness (QED) is 0.406. The van der Waals surface area contributed by atoms with Crippen molar-refractivity contribution in [1.82, 2.24) is 15.0 Å². The third kappa shape index (κ3) is 5.39. The van der Waals surface area contributed by atoms with Gasteiger partial charge in [-0.3, -0.25) is 4.79 Å². The Kier molecular flexibility index (Phi) is 6.57. The van der Waals surface area contributed by atoms with E-state index in [1.165, 1.54) is 0 Å². The van der Waals surface area contributed by atoms with Gasteiger partial charge >= 0.3 is 0 Å². The molecule has 32 heavy (non-hydrogen) atoms. The third-order valence-corrected chi connectivity index (χ3v) is 4.81. The van der Waals surface area contributed by atoms with E-state index >= 15 is 0 Å². The van der Waals surface area contributed by atoms with Crippen LogP contribution in [0.25, 0.3) is 11.3 Å². The number of amides is 1. The van der Waals surface area contributed by atoms with Gasteiger partial charge in [0.1, 0.15) is 5.75 Å². The SMILES string of the molecule is CNc1nccc(-c2cccnc2Oc2ccc(CC(=O)Nc3ccc(Cl)cc3)cc2)n1. The first-order chi connectivity index (χ1) is 15.6. The van der Waals surface area contributed by atoms with Crippen LogP contribution in [0.5, 0.6) is 11.6 Å². The van der Waals surface area contributed by atoms with Crippen molar-refractivity contribution in [2.45, 2.75) is 6.42 Å². The van der Waals surface area contributed by atoms with Crippen LogP contribution in [-0.4, -0.2) is 27.9 Å². The normalized spacial score (nSPS) is 10.4. The van der Waals surface area contributed by atoms with Crippen molar-refractivity contribution in [2.75, 3.05) is 17.7 Å². The molecule has 0 bridgehead atoms. The number of hydrogen-bond donors (Lipinski definition) is 2. The number of ether oxygens (including phenoxy) is 1. The monoisotopic (exact) mass is 445 g/mol. The first-order valence-electron chi connectivity index (χ1n) is 9.89. The van der Waals surface area contributed by atoms with E-state index < -0.39 is 0 Å². The Labute approximate surface area is 190 Å². The molecular formula is C24H20ClN5O2. The van der Waals surface area contributed by atoms with E-state index in [1.54, 1.807) is 49.8 Å². The van der Waals surface area contributed by atoms with Gasteiger partial charge in [0.05, 0.1) is 17.7 Å². The lowest BCUT2D eigenvalue weighted by Gasteiger charge is -2.11. The van der Waals surface area contributed by atoms with E-state index in [1.807, 2.05) is 36.4 Å². The van der Waals surface area contributed by atoms with E-state index in [9.17, 15) is 4.79 Å². The average Bonchev–Trinajstić information content (AvgIpc) is 2.82. The van der Waals surface area contributed by atoms with Gasteiger partial charge in [0, 0.05) is 30.2 Å². The molecule has 7 nitrogen and oxygen atoms in total. The van der Waals surface area contributed by atoms with Crippen molar-refractivity contribution in [3.05, 3.63) is 89.7 Å². The number of nitrogens with zero attached hydrogens (tertiary/aromatic N) is 3. The largest absolute Gasteiger partial charge is 0.438 e. The van der Waals surface area contributed by atoms with Crippen LogP contribution in [0.3, 0.4) is 0 Å². The minimum atomic E-state index is -0.114. The van der Waals surface area contributed by atoms with Crippen LogP contribution in [0.2, 0.25) is 5.02 Å². The fraction of sp³-hybridized carbons (Fsp3) is 0.0833. The molecule has 0 saturated heterocycles. The topological polar surface area (TPSA) is 89.0 Å². The molecule has 2 aromatic heterocycles. The van der Waals surface area contributed by atoms with Gasteiger partial charge in [0.25, 0.3) is 0 Å². The molecule has 0 unspecified atom stereocenters. The molecule has 2 aromatic carbocycles. The van der Waals surface area contributed by atoms with Crippen molar-refractivity contribution >= 4 is 29.1 Å². The molecule has 0 aliphatic heterocycles. The lowest BCUT2D eigenvalue weighted by atomic mass is 10.1. The van der Waals surface area contributed by atoms with Crippen LogP contribution in [0.1, 0.15) is 5.56 Å². The summed E-state index contributed by atoms with van der Waals surface area (Å²) in [5.41, 5.74) is 3.01. The summed E-state index contributed by atoms with van der Waals surface area (Å²) in [6.45, 7) is 0. The fourth-order valence-electron chi connectivity index (χ4n) is 3.01.